The van der Waals surface area contributed by atoms with Gasteiger partial charge in [-0.1, -0.05) is 42.5 Å². The molecule has 0 unspecified atom stereocenters. The molecule has 2 saturated heterocycles. The van der Waals surface area contributed by atoms with Crippen molar-refractivity contribution in [3.05, 3.63) is 71.9 Å². The van der Waals surface area contributed by atoms with E-state index in [0.29, 0.717) is 31.8 Å². The van der Waals surface area contributed by atoms with Gasteiger partial charge >= 0.3 is 0 Å². The molecule has 3 heterocycles. The predicted octanol–water partition coefficient (Wildman–Crippen LogP) is 2.79. The topological polar surface area (TPSA) is 104 Å². The Labute approximate surface area is 204 Å². The van der Waals surface area contributed by atoms with Crippen LogP contribution in [0.2, 0.25) is 0 Å². The van der Waals surface area contributed by atoms with Crippen LogP contribution < -0.4 is 15.5 Å². The van der Waals surface area contributed by atoms with E-state index in [2.05, 4.69) is 22.4 Å². The third-order valence-corrected chi connectivity index (χ3v) is 7.07. The van der Waals surface area contributed by atoms with Crippen molar-refractivity contribution in [2.75, 3.05) is 19.6 Å². The fraction of sp³-hybridized carbons (Fsp3) is 0.370. The molecule has 0 aliphatic carbocycles. The lowest BCUT2D eigenvalue weighted by atomic mass is 9.87. The average Bonchev–Trinajstić information content (AvgIpc) is 3.39. The number of carbonyl (C=O) groups is 2. The molecule has 8 nitrogen and oxygen atoms in total. The zero-order valence-electron chi connectivity index (χ0n) is 19.7. The van der Waals surface area contributed by atoms with Crippen LogP contribution in [0.15, 0.2) is 60.7 Å². The lowest BCUT2D eigenvalue weighted by molar-refractivity contribution is -0.144. The van der Waals surface area contributed by atoms with Gasteiger partial charge < -0.3 is 15.0 Å². The number of nitrogens with zero attached hydrogens (tertiary/aromatic N) is 2. The second-order valence-electron chi connectivity index (χ2n) is 9.40. The summed E-state index contributed by atoms with van der Waals surface area (Å²) in [6, 6.07) is 19.1. The van der Waals surface area contributed by atoms with Crippen molar-refractivity contribution in [3.8, 4) is 5.75 Å². The van der Waals surface area contributed by atoms with Crippen molar-refractivity contribution in [1.82, 2.24) is 20.7 Å². The normalized spacial score (nSPS) is 24.3. The van der Waals surface area contributed by atoms with Crippen LogP contribution in [0.25, 0.3) is 10.9 Å². The first-order valence-corrected chi connectivity index (χ1v) is 12.1. The Morgan fingerprint density at radius 3 is 2.71 bits per heavy atom. The van der Waals surface area contributed by atoms with E-state index >= 15 is 0 Å². The summed E-state index contributed by atoms with van der Waals surface area (Å²) in [6.07, 6.45) is 0.850. The maximum atomic E-state index is 13.4. The monoisotopic (exact) mass is 474 g/mol. The summed E-state index contributed by atoms with van der Waals surface area (Å²) in [7, 11) is 0. The molecule has 182 valence electrons. The molecular weight excluding hydrogens is 444 g/mol. The van der Waals surface area contributed by atoms with Crippen LogP contribution in [-0.4, -0.2) is 58.7 Å². The molecule has 35 heavy (non-hydrogen) atoms. The number of nitrogens with one attached hydrogen (secondary N) is 2. The van der Waals surface area contributed by atoms with Crippen molar-refractivity contribution in [2.45, 2.75) is 37.8 Å². The molecular formula is C27H30N4O4. The minimum atomic E-state index is -0.753. The summed E-state index contributed by atoms with van der Waals surface area (Å²) < 4.78 is 6.31. The Bertz CT molecular complexity index is 1220. The second kappa shape index (κ2) is 10.0. The van der Waals surface area contributed by atoms with Gasteiger partial charge in [0.25, 0.3) is 0 Å². The summed E-state index contributed by atoms with van der Waals surface area (Å²) in [6.45, 7) is 3.59. The molecule has 0 saturated carbocycles. The van der Waals surface area contributed by atoms with Crippen molar-refractivity contribution in [2.24, 2.45) is 5.92 Å². The number of carbonyl (C=O) groups excluding carboxylic acids is 2. The van der Waals surface area contributed by atoms with E-state index in [1.807, 2.05) is 60.4 Å². The number of benzene rings is 2. The van der Waals surface area contributed by atoms with E-state index in [9.17, 15) is 14.8 Å². The minimum Gasteiger partial charge on any atom is -0.488 e. The molecule has 4 atom stereocenters. The van der Waals surface area contributed by atoms with Crippen molar-refractivity contribution in [1.29, 1.82) is 0 Å². The quantitative estimate of drug-likeness (QED) is 0.388. The van der Waals surface area contributed by atoms with E-state index in [1.54, 1.807) is 5.48 Å². The van der Waals surface area contributed by atoms with Gasteiger partial charge in [0.15, 0.2) is 0 Å². The van der Waals surface area contributed by atoms with E-state index in [4.69, 9.17) is 4.74 Å². The molecule has 1 aromatic heterocycles. The van der Waals surface area contributed by atoms with Crippen LogP contribution in [0.4, 0.5) is 0 Å². The van der Waals surface area contributed by atoms with Crippen LogP contribution in [0, 0.1) is 12.8 Å². The van der Waals surface area contributed by atoms with E-state index in [0.717, 1.165) is 23.0 Å². The van der Waals surface area contributed by atoms with Gasteiger partial charge in [0.1, 0.15) is 11.9 Å². The molecule has 2 aliphatic heterocycles. The Balaban J connectivity index is 1.30. The highest BCUT2D eigenvalue weighted by atomic mass is 16.5. The van der Waals surface area contributed by atoms with E-state index < -0.39 is 17.9 Å². The van der Waals surface area contributed by atoms with Crippen LogP contribution >= 0.6 is 0 Å². The first kappa shape index (κ1) is 23.3. The number of hydroxylamine groups is 1. The molecule has 0 spiro atoms. The first-order valence-electron chi connectivity index (χ1n) is 12.1. The highest BCUT2D eigenvalue weighted by Crippen LogP contribution is 2.31. The standard InChI is InChI=1S/C27H30N4O4/c1-17-13-24(21-9-5-6-10-23(21)29-17)35-20-14-22(26(32)30-34)25(28-15-20)27(33)31-12-11-19(16-31)18-7-3-2-4-8-18/h2-10,13,19-20,22,25,28,34H,11-12,14-16H2,1H3,(H,30,32)/t19-,20-,22-,25-/m0/s1. The summed E-state index contributed by atoms with van der Waals surface area (Å²) in [5.74, 6) is -0.470. The summed E-state index contributed by atoms with van der Waals surface area (Å²) in [5, 5.41) is 13.5. The van der Waals surface area contributed by atoms with Gasteiger partial charge in [-0.15, -0.1) is 0 Å². The molecule has 0 radical (unpaired) electrons. The number of rotatable bonds is 5. The number of hydrogen-bond acceptors (Lipinski definition) is 6. The average molecular weight is 475 g/mol. The first-order chi connectivity index (χ1) is 17.0. The van der Waals surface area contributed by atoms with Crippen LogP contribution in [0.3, 0.4) is 0 Å². The molecule has 5 rings (SSSR count). The molecule has 3 aromatic rings. The molecule has 2 amide bonds. The number of likely N-dealkylation sites (tertiary alicyclic amines) is 1. The van der Waals surface area contributed by atoms with Gasteiger partial charge in [0.05, 0.1) is 17.5 Å². The number of ether oxygens (including phenoxy) is 1. The molecule has 0 bridgehead atoms. The van der Waals surface area contributed by atoms with Gasteiger partial charge in [0, 0.05) is 42.7 Å². The molecule has 2 aromatic carbocycles. The van der Waals surface area contributed by atoms with Crippen LogP contribution in [-0.2, 0) is 9.59 Å². The van der Waals surface area contributed by atoms with Gasteiger partial charge in [-0.05, 0) is 37.5 Å². The lowest BCUT2D eigenvalue weighted by Gasteiger charge is -2.37. The Morgan fingerprint density at radius 1 is 1.14 bits per heavy atom. The van der Waals surface area contributed by atoms with Crippen LogP contribution in [0.1, 0.15) is 30.0 Å². The van der Waals surface area contributed by atoms with Gasteiger partial charge in [-0.3, -0.25) is 19.8 Å². The highest BCUT2D eigenvalue weighted by molar-refractivity contribution is 5.90. The number of hydrogen-bond donors (Lipinski definition) is 3. The van der Waals surface area contributed by atoms with E-state index in [1.165, 1.54) is 5.56 Å². The van der Waals surface area contributed by atoms with Crippen LogP contribution in [0.5, 0.6) is 5.75 Å². The number of aryl methyl sites for hydroxylation is 1. The summed E-state index contributed by atoms with van der Waals surface area (Å²) in [5.41, 5.74) is 4.65. The fourth-order valence-corrected chi connectivity index (χ4v) is 5.29. The maximum absolute atomic E-state index is 13.4. The number of piperidine rings is 1. The fourth-order valence-electron chi connectivity index (χ4n) is 5.29. The minimum absolute atomic E-state index is 0.110. The zero-order chi connectivity index (χ0) is 24.4. The number of pyridine rings is 1. The number of fused-ring (bicyclic) bond motifs is 1. The van der Waals surface area contributed by atoms with Gasteiger partial charge in [-0.2, -0.15) is 0 Å². The van der Waals surface area contributed by atoms with E-state index in [-0.39, 0.29) is 17.9 Å². The summed E-state index contributed by atoms with van der Waals surface area (Å²) >= 11 is 0. The smallest absolute Gasteiger partial charge is 0.248 e. The zero-order valence-corrected chi connectivity index (χ0v) is 19.7. The largest absolute Gasteiger partial charge is 0.488 e. The molecule has 8 heteroatoms. The molecule has 2 fully saturated rings. The van der Waals surface area contributed by atoms with Gasteiger partial charge in [0.2, 0.25) is 11.8 Å². The SMILES string of the molecule is Cc1cc(O[C@@H]2CN[C@H](C(=O)N3CC[C@H](c4ccccc4)C3)[C@@H](C(=O)NO)C2)c2ccccc2n1. The van der Waals surface area contributed by atoms with Gasteiger partial charge in [-0.25, -0.2) is 5.48 Å². The number of para-hydroxylation sites is 1. The third kappa shape index (κ3) is 4.85. The molecule has 3 N–H and O–H groups in total. The van der Waals surface area contributed by atoms with Crippen molar-refractivity contribution < 1.29 is 19.5 Å². The number of aromatic nitrogens is 1. The Morgan fingerprint density at radius 2 is 1.91 bits per heavy atom. The number of amides is 2. The maximum Gasteiger partial charge on any atom is 0.248 e. The summed E-state index contributed by atoms with van der Waals surface area (Å²) in [4.78, 5) is 32.4. The van der Waals surface area contributed by atoms with Crippen molar-refractivity contribution >= 4 is 22.7 Å². The molecule has 2 aliphatic rings. The Hall–Kier alpha value is -3.49. The Kier molecular flexibility index (Phi) is 6.66. The predicted molar refractivity (Wildman–Crippen MR) is 131 cm³/mol. The lowest BCUT2D eigenvalue weighted by Crippen LogP contribution is -2.60. The second-order valence-corrected chi connectivity index (χ2v) is 9.40. The van der Waals surface area contributed by atoms with Crippen molar-refractivity contribution in [3.63, 3.8) is 0 Å². The third-order valence-electron chi connectivity index (χ3n) is 7.07. The highest BCUT2D eigenvalue weighted by Gasteiger charge is 2.43.